The van der Waals surface area contributed by atoms with Gasteiger partial charge < -0.3 is 11.1 Å². The van der Waals surface area contributed by atoms with E-state index in [1.807, 2.05) is 12.1 Å². The van der Waals surface area contributed by atoms with Crippen LogP contribution in [0.15, 0.2) is 24.3 Å². The minimum atomic E-state index is -0.0637. The molecule has 2 rings (SSSR count). The maximum atomic E-state index is 11.9. The molecule has 0 spiro atoms. The van der Waals surface area contributed by atoms with Crippen molar-refractivity contribution in [3.63, 3.8) is 0 Å². The molecule has 0 heterocycles. The van der Waals surface area contributed by atoms with Crippen molar-refractivity contribution in [3.8, 4) is 0 Å². The molecule has 0 saturated heterocycles. The number of rotatable bonds is 4. The maximum absolute atomic E-state index is 11.9. The number of carbonyl (C=O) groups excluding carboxylic acids is 1. The summed E-state index contributed by atoms with van der Waals surface area (Å²) in [7, 11) is 0. The van der Waals surface area contributed by atoms with Crippen molar-refractivity contribution in [3.05, 3.63) is 29.8 Å². The largest absolute Gasteiger partial charge is 0.398 e. The predicted octanol–water partition coefficient (Wildman–Crippen LogP) is 2.61. The standard InChI is InChI=1S/C13H18N2O.ClH/c1-9(8-10-6-7-10)15-13(16)11-4-2-3-5-12(11)14;/h2-5,9-10H,6-8,14H2,1H3,(H,15,16);1H. The summed E-state index contributed by atoms with van der Waals surface area (Å²) >= 11 is 0. The van der Waals surface area contributed by atoms with Crippen molar-refractivity contribution >= 4 is 24.0 Å². The number of carbonyl (C=O) groups is 1. The van der Waals surface area contributed by atoms with Gasteiger partial charge in [-0.15, -0.1) is 12.4 Å². The van der Waals surface area contributed by atoms with E-state index in [4.69, 9.17) is 5.73 Å². The van der Waals surface area contributed by atoms with Gasteiger partial charge in [-0.2, -0.15) is 0 Å². The van der Waals surface area contributed by atoms with E-state index in [1.165, 1.54) is 12.8 Å². The monoisotopic (exact) mass is 254 g/mol. The van der Waals surface area contributed by atoms with E-state index >= 15 is 0 Å². The lowest BCUT2D eigenvalue weighted by molar-refractivity contribution is 0.0938. The lowest BCUT2D eigenvalue weighted by Gasteiger charge is -2.14. The molecule has 17 heavy (non-hydrogen) atoms. The van der Waals surface area contributed by atoms with E-state index in [0.717, 1.165) is 12.3 Å². The lowest BCUT2D eigenvalue weighted by Crippen LogP contribution is -2.33. The van der Waals surface area contributed by atoms with Gasteiger partial charge in [-0.25, -0.2) is 0 Å². The Kier molecular flexibility index (Phi) is 4.82. The molecular weight excluding hydrogens is 236 g/mol. The van der Waals surface area contributed by atoms with E-state index in [1.54, 1.807) is 12.1 Å². The van der Waals surface area contributed by atoms with Crippen LogP contribution >= 0.6 is 12.4 Å². The average Bonchev–Trinajstić information content (AvgIpc) is 3.01. The Morgan fingerprint density at radius 3 is 2.71 bits per heavy atom. The molecule has 1 aliphatic carbocycles. The number of halogens is 1. The third kappa shape index (κ3) is 3.93. The minimum Gasteiger partial charge on any atom is -0.398 e. The van der Waals surface area contributed by atoms with Crippen LogP contribution in [0.1, 0.15) is 36.5 Å². The summed E-state index contributed by atoms with van der Waals surface area (Å²) in [6.07, 6.45) is 3.71. The Morgan fingerprint density at radius 2 is 2.12 bits per heavy atom. The number of hydrogen-bond donors (Lipinski definition) is 2. The molecule has 94 valence electrons. The van der Waals surface area contributed by atoms with Crippen molar-refractivity contribution < 1.29 is 4.79 Å². The van der Waals surface area contributed by atoms with Crippen molar-refractivity contribution in [2.45, 2.75) is 32.2 Å². The number of anilines is 1. The quantitative estimate of drug-likeness (QED) is 0.812. The zero-order chi connectivity index (χ0) is 11.5. The Bertz CT molecular complexity index is 391. The number of hydrogen-bond acceptors (Lipinski definition) is 2. The molecule has 1 amide bonds. The van der Waals surface area contributed by atoms with Crippen molar-refractivity contribution in [2.24, 2.45) is 5.92 Å². The van der Waals surface area contributed by atoms with Gasteiger partial charge in [0.2, 0.25) is 0 Å². The molecule has 0 aromatic heterocycles. The Hall–Kier alpha value is -1.22. The van der Waals surface area contributed by atoms with Crippen LogP contribution < -0.4 is 11.1 Å². The van der Waals surface area contributed by atoms with Crippen molar-refractivity contribution in [2.75, 3.05) is 5.73 Å². The van der Waals surface area contributed by atoms with Crippen LogP contribution in [0.5, 0.6) is 0 Å². The summed E-state index contributed by atoms with van der Waals surface area (Å²) < 4.78 is 0. The van der Waals surface area contributed by atoms with Crippen LogP contribution in [0, 0.1) is 5.92 Å². The molecule has 1 aromatic rings. The first-order chi connectivity index (χ1) is 7.66. The highest BCUT2D eigenvalue weighted by Crippen LogP contribution is 2.33. The van der Waals surface area contributed by atoms with E-state index in [0.29, 0.717) is 11.3 Å². The van der Waals surface area contributed by atoms with E-state index in [-0.39, 0.29) is 24.4 Å². The summed E-state index contributed by atoms with van der Waals surface area (Å²) in [5.74, 6) is 0.759. The fourth-order valence-corrected chi connectivity index (χ4v) is 1.92. The van der Waals surface area contributed by atoms with Gasteiger partial charge in [0.05, 0.1) is 5.56 Å². The Balaban J connectivity index is 0.00000144. The van der Waals surface area contributed by atoms with Crippen LogP contribution in [0.2, 0.25) is 0 Å². The fourth-order valence-electron chi connectivity index (χ4n) is 1.92. The highest BCUT2D eigenvalue weighted by molar-refractivity contribution is 5.99. The highest BCUT2D eigenvalue weighted by atomic mass is 35.5. The van der Waals surface area contributed by atoms with Gasteiger partial charge in [0.1, 0.15) is 0 Å². The predicted molar refractivity (Wildman–Crippen MR) is 72.4 cm³/mol. The number of nitrogen functional groups attached to an aromatic ring is 1. The molecule has 1 saturated carbocycles. The molecule has 4 heteroatoms. The molecular formula is C13H19ClN2O. The van der Waals surface area contributed by atoms with Gasteiger partial charge in [0.25, 0.3) is 5.91 Å². The van der Waals surface area contributed by atoms with Gasteiger partial charge in [0.15, 0.2) is 0 Å². The molecule has 1 atom stereocenters. The molecule has 0 aliphatic heterocycles. The molecule has 3 nitrogen and oxygen atoms in total. The van der Waals surface area contributed by atoms with Crippen LogP contribution in [0.4, 0.5) is 5.69 Å². The van der Waals surface area contributed by atoms with Crippen molar-refractivity contribution in [1.29, 1.82) is 0 Å². The maximum Gasteiger partial charge on any atom is 0.253 e. The number of amides is 1. The van der Waals surface area contributed by atoms with Gasteiger partial charge in [0, 0.05) is 11.7 Å². The second kappa shape index (κ2) is 5.92. The molecule has 1 aliphatic rings. The van der Waals surface area contributed by atoms with Gasteiger partial charge >= 0.3 is 0 Å². The van der Waals surface area contributed by atoms with Crippen LogP contribution in [0.25, 0.3) is 0 Å². The molecule has 0 bridgehead atoms. The third-order valence-corrected chi connectivity index (χ3v) is 2.97. The topological polar surface area (TPSA) is 55.1 Å². The summed E-state index contributed by atoms with van der Waals surface area (Å²) in [6.45, 7) is 2.05. The number of nitrogens with two attached hydrogens (primary N) is 1. The third-order valence-electron chi connectivity index (χ3n) is 2.97. The Labute approximate surface area is 108 Å². The first-order valence-corrected chi connectivity index (χ1v) is 5.82. The smallest absolute Gasteiger partial charge is 0.253 e. The second-order valence-corrected chi connectivity index (χ2v) is 4.64. The van der Waals surface area contributed by atoms with Crippen LogP contribution in [-0.4, -0.2) is 11.9 Å². The van der Waals surface area contributed by atoms with Gasteiger partial charge in [-0.1, -0.05) is 25.0 Å². The minimum absolute atomic E-state index is 0. The average molecular weight is 255 g/mol. The summed E-state index contributed by atoms with van der Waals surface area (Å²) in [5.41, 5.74) is 6.86. The number of nitrogens with one attached hydrogen (secondary N) is 1. The Morgan fingerprint density at radius 1 is 1.47 bits per heavy atom. The fraction of sp³-hybridized carbons (Fsp3) is 0.462. The van der Waals surface area contributed by atoms with Gasteiger partial charge in [-0.3, -0.25) is 4.79 Å². The van der Waals surface area contributed by atoms with Crippen LogP contribution in [0.3, 0.4) is 0 Å². The zero-order valence-corrected chi connectivity index (χ0v) is 10.8. The zero-order valence-electron chi connectivity index (χ0n) is 9.98. The van der Waals surface area contributed by atoms with E-state index < -0.39 is 0 Å². The highest BCUT2D eigenvalue weighted by Gasteiger charge is 2.24. The van der Waals surface area contributed by atoms with Gasteiger partial charge in [-0.05, 0) is 31.4 Å². The van der Waals surface area contributed by atoms with E-state index in [2.05, 4.69) is 12.2 Å². The summed E-state index contributed by atoms with van der Waals surface area (Å²) in [6, 6.07) is 7.41. The SMILES string of the molecule is CC(CC1CC1)NC(=O)c1ccccc1N.Cl. The van der Waals surface area contributed by atoms with Crippen LogP contribution in [-0.2, 0) is 0 Å². The summed E-state index contributed by atoms with van der Waals surface area (Å²) in [4.78, 5) is 11.9. The molecule has 1 unspecified atom stereocenters. The van der Waals surface area contributed by atoms with Crippen molar-refractivity contribution in [1.82, 2.24) is 5.32 Å². The molecule has 1 fully saturated rings. The first-order valence-electron chi connectivity index (χ1n) is 5.82. The van der Waals surface area contributed by atoms with E-state index in [9.17, 15) is 4.79 Å². The summed E-state index contributed by atoms with van der Waals surface area (Å²) in [5, 5.41) is 2.99. The number of benzene rings is 1. The normalized spacial score (nSPS) is 15.8. The first kappa shape index (κ1) is 13.8. The second-order valence-electron chi connectivity index (χ2n) is 4.64. The molecule has 0 radical (unpaired) electrons. The molecule has 3 N–H and O–H groups in total. The molecule has 1 aromatic carbocycles. The number of para-hydroxylation sites is 1. The lowest BCUT2D eigenvalue weighted by atomic mass is 10.1.